The maximum atomic E-state index is 11.6. The van der Waals surface area contributed by atoms with Gasteiger partial charge in [-0.1, -0.05) is 13.3 Å². The van der Waals surface area contributed by atoms with E-state index in [0.29, 0.717) is 11.3 Å². The van der Waals surface area contributed by atoms with Crippen LogP contribution in [0, 0.1) is 0 Å². The minimum atomic E-state index is -3.47. The Labute approximate surface area is 123 Å². The van der Waals surface area contributed by atoms with Crippen LogP contribution in [0.15, 0.2) is 34.5 Å². The maximum Gasteiger partial charge on any atom is 0.250 e. The highest BCUT2D eigenvalue weighted by Crippen LogP contribution is 2.22. The molecule has 0 aliphatic rings. The summed E-state index contributed by atoms with van der Waals surface area (Å²) in [5.41, 5.74) is 1.99. The van der Waals surface area contributed by atoms with E-state index in [1.807, 2.05) is 6.92 Å². The first-order valence-corrected chi connectivity index (χ1v) is 8.45. The monoisotopic (exact) mass is 307 g/mol. The van der Waals surface area contributed by atoms with Gasteiger partial charge in [-0.2, -0.15) is 0 Å². The second kappa shape index (κ2) is 5.77. The zero-order chi connectivity index (χ0) is 15.6. The van der Waals surface area contributed by atoms with Gasteiger partial charge in [0.15, 0.2) is 0 Å². The molecule has 0 aliphatic carbocycles. The molecule has 21 heavy (non-hydrogen) atoms. The molecule has 2 rings (SSSR count). The summed E-state index contributed by atoms with van der Waals surface area (Å²) in [4.78, 5) is 19.6. The predicted octanol–water partition coefficient (Wildman–Crippen LogP) is 1.20. The van der Waals surface area contributed by atoms with E-state index in [2.05, 4.69) is 9.97 Å². The Morgan fingerprint density at radius 2 is 2.00 bits per heavy atom. The fourth-order valence-corrected chi connectivity index (χ4v) is 2.51. The van der Waals surface area contributed by atoms with Gasteiger partial charge in [0.05, 0.1) is 5.69 Å². The van der Waals surface area contributed by atoms with E-state index < -0.39 is 9.84 Å². The van der Waals surface area contributed by atoms with E-state index in [-0.39, 0.29) is 10.7 Å². The second-order valence-electron chi connectivity index (χ2n) is 4.92. The van der Waals surface area contributed by atoms with E-state index in [4.69, 9.17) is 0 Å². The van der Waals surface area contributed by atoms with Crippen molar-refractivity contribution < 1.29 is 8.42 Å². The molecular weight excluding hydrogens is 290 g/mol. The summed E-state index contributed by atoms with van der Waals surface area (Å²) in [5.74, 6) is 0. The normalized spacial score (nSPS) is 11.6. The van der Waals surface area contributed by atoms with Gasteiger partial charge in [-0.15, -0.1) is 0 Å². The van der Waals surface area contributed by atoms with Gasteiger partial charge in [0, 0.05) is 37.3 Å². The molecule has 0 bridgehead atoms. The van der Waals surface area contributed by atoms with Crippen molar-refractivity contribution in [2.75, 3.05) is 6.26 Å². The Morgan fingerprint density at radius 1 is 1.29 bits per heavy atom. The number of sulfone groups is 1. The van der Waals surface area contributed by atoms with Gasteiger partial charge < -0.3 is 4.57 Å². The van der Waals surface area contributed by atoms with Crippen LogP contribution in [0.2, 0.25) is 0 Å². The zero-order valence-corrected chi connectivity index (χ0v) is 13.0. The molecule has 2 aromatic heterocycles. The van der Waals surface area contributed by atoms with E-state index in [1.165, 1.54) is 10.6 Å². The number of rotatable bonds is 4. The maximum absolute atomic E-state index is 11.6. The molecule has 2 heterocycles. The second-order valence-corrected chi connectivity index (χ2v) is 6.82. The molecule has 0 N–H and O–H groups in total. The first-order valence-electron chi connectivity index (χ1n) is 6.56. The van der Waals surface area contributed by atoms with Crippen molar-refractivity contribution in [3.8, 4) is 11.3 Å². The lowest BCUT2D eigenvalue weighted by Crippen LogP contribution is -2.15. The Kier molecular flexibility index (Phi) is 4.22. The number of hydrogen-bond acceptors (Lipinski definition) is 5. The molecule has 0 fully saturated rings. The third-order valence-corrected chi connectivity index (χ3v) is 3.91. The van der Waals surface area contributed by atoms with Crippen LogP contribution < -0.4 is 5.56 Å². The highest BCUT2D eigenvalue weighted by Gasteiger charge is 2.16. The summed E-state index contributed by atoms with van der Waals surface area (Å²) in [7, 11) is -1.83. The van der Waals surface area contributed by atoms with Crippen molar-refractivity contribution in [2.45, 2.75) is 24.9 Å². The summed E-state index contributed by atoms with van der Waals surface area (Å²) < 4.78 is 24.7. The van der Waals surface area contributed by atoms with Crippen LogP contribution in [-0.2, 0) is 23.3 Å². The summed E-state index contributed by atoms with van der Waals surface area (Å²) in [6.07, 6.45) is 5.90. The molecule has 0 saturated carbocycles. The van der Waals surface area contributed by atoms with Crippen LogP contribution in [0.4, 0.5) is 0 Å². The molecule has 112 valence electrons. The molecule has 0 amide bonds. The summed E-state index contributed by atoms with van der Waals surface area (Å²) in [5, 5.41) is -0.203. The molecule has 2 aromatic rings. The Morgan fingerprint density at radius 3 is 2.57 bits per heavy atom. The molecule has 0 aliphatic heterocycles. The van der Waals surface area contributed by atoms with E-state index in [1.54, 1.807) is 25.5 Å². The van der Waals surface area contributed by atoms with Crippen LogP contribution in [0.5, 0.6) is 0 Å². The topological polar surface area (TPSA) is 81.9 Å². The lowest BCUT2D eigenvalue weighted by molar-refractivity contribution is 0.592. The van der Waals surface area contributed by atoms with Gasteiger partial charge in [-0.3, -0.25) is 4.79 Å². The molecule has 0 unspecified atom stereocenters. The lowest BCUT2D eigenvalue weighted by atomic mass is 10.1. The zero-order valence-electron chi connectivity index (χ0n) is 12.2. The molecule has 0 spiro atoms. The average Bonchev–Trinajstić information content (AvgIpc) is 2.41. The Balaban J connectivity index is 2.68. The number of nitrogens with zero attached hydrogens (tertiary/aromatic N) is 3. The Bertz CT molecular complexity index is 826. The van der Waals surface area contributed by atoms with E-state index in [9.17, 15) is 13.2 Å². The molecule has 0 aromatic carbocycles. The fraction of sp³-hybridized carbons (Fsp3) is 0.357. The number of hydrogen-bond donors (Lipinski definition) is 0. The van der Waals surface area contributed by atoms with Crippen molar-refractivity contribution in [1.29, 1.82) is 0 Å². The van der Waals surface area contributed by atoms with E-state index >= 15 is 0 Å². The molecule has 0 saturated heterocycles. The van der Waals surface area contributed by atoms with Crippen molar-refractivity contribution in [3.05, 3.63) is 40.4 Å². The van der Waals surface area contributed by atoms with Crippen molar-refractivity contribution in [1.82, 2.24) is 14.5 Å². The first-order chi connectivity index (χ1) is 9.82. The lowest BCUT2D eigenvalue weighted by Gasteiger charge is -2.10. The fourth-order valence-electron chi connectivity index (χ4n) is 2.01. The van der Waals surface area contributed by atoms with Crippen molar-refractivity contribution in [2.24, 2.45) is 7.05 Å². The smallest absolute Gasteiger partial charge is 0.250 e. The van der Waals surface area contributed by atoms with Gasteiger partial charge in [0.25, 0.3) is 0 Å². The van der Waals surface area contributed by atoms with Gasteiger partial charge in [-0.05, 0) is 18.1 Å². The third kappa shape index (κ3) is 3.36. The van der Waals surface area contributed by atoms with Crippen LogP contribution in [0.25, 0.3) is 11.3 Å². The predicted molar refractivity (Wildman–Crippen MR) is 79.8 cm³/mol. The first kappa shape index (κ1) is 15.4. The highest BCUT2D eigenvalue weighted by atomic mass is 32.2. The largest absolute Gasteiger partial charge is 0.318 e. The summed E-state index contributed by atoms with van der Waals surface area (Å²) >= 11 is 0. The standard InChI is InChI=1S/C14H17N3O3S/c1-4-5-10-8-15-14(21(3,19)20)16-13(10)11-6-7-12(18)17(2)9-11/h6-9H,4-5H2,1-3H3. The van der Waals surface area contributed by atoms with Gasteiger partial charge in [0.2, 0.25) is 20.6 Å². The SMILES string of the molecule is CCCc1cnc(S(C)(=O)=O)nc1-c1ccc(=O)n(C)c1. The molecule has 0 atom stereocenters. The average molecular weight is 307 g/mol. The number of aryl methyl sites for hydroxylation is 2. The third-order valence-electron chi connectivity index (χ3n) is 3.05. The highest BCUT2D eigenvalue weighted by molar-refractivity contribution is 7.90. The van der Waals surface area contributed by atoms with Crippen molar-refractivity contribution in [3.63, 3.8) is 0 Å². The van der Waals surface area contributed by atoms with Crippen LogP contribution in [0.1, 0.15) is 18.9 Å². The molecule has 6 nitrogen and oxygen atoms in total. The van der Waals surface area contributed by atoms with Gasteiger partial charge in [0.1, 0.15) is 0 Å². The molecule has 7 heteroatoms. The van der Waals surface area contributed by atoms with Crippen molar-refractivity contribution >= 4 is 9.84 Å². The molecule has 0 radical (unpaired) electrons. The number of aromatic nitrogens is 3. The molecular formula is C14H17N3O3S. The Hall–Kier alpha value is -2.02. The van der Waals surface area contributed by atoms with Crippen LogP contribution in [0.3, 0.4) is 0 Å². The minimum absolute atomic E-state index is 0.131. The van der Waals surface area contributed by atoms with Gasteiger partial charge in [-0.25, -0.2) is 18.4 Å². The summed E-state index contributed by atoms with van der Waals surface area (Å²) in [6, 6.07) is 3.09. The van der Waals surface area contributed by atoms with Gasteiger partial charge >= 0.3 is 0 Å². The minimum Gasteiger partial charge on any atom is -0.318 e. The van der Waals surface area contributed by atoms with Crippen LogP contribution >= 0.6 is 0 Å². The quantitative estimate of drug-likeness (QED) is 0.793. The number of pyridine rings is 1. The summed E-state index contributed by atoms with van der Waals surface area (Å²) in [6.45, 7) is 2.02. The van der Waals surface area contributed by atoms with Crippen LogP contribution in [-0.4, -0.2) is 29.2 Å². The van der Waals surface area contributed by atoms with E-state index in [0.717, 1.165) is 24.7 Å².